The average molecular weight is 325 g/mol. The fourth-order valence-electron chi connectivity index (χ4n) is 3.11. The number of hydrogen-bond acceptors (Lipinski definition) is 2. The molecule has 0 aromatic heterocycles. The number of benzene rings is 1. The van der Waals surface area contributed by atoms with Crippen LogP contribution in [-0.2, 0) is 11.2 Å². The van der Waals surface area contributed by atoms with Crippen LogP contribution in [0.2, 0.25) is 0 Å². The van der Waals surface area contributed by atoms with E-state index in [1.54, 1.807) is 0 Å². The Hall–Kier alpha value is -1.06. The molecule has 1 atom stereocenters. The summed E-state index contributed by atoms with van der Waals surface area (Å²) in [4.78, 5) is 14.9. The third-order valence-corrected chi connectivity index (χ3v) is 4.63. The first-order valence-corrected chi connectivity index (χ1v) is 8.31. The number of halogens is 1. The highest BCUT2D eigenvalue weighted by molar-refractivity contribution is 5.85. The number of nitrogens with one attached hydrogen (secondary N) is 1. The van der Waals surface area contributed by atoms with E-state index in [9.17, 15) is 4.79 Å². The first-order chi connectivity index (χ1) is 10.2. The van der Waals surface area contributed by atoms with Gasteiger partial charge in [0.15, 0.2) is 0 Å². The van der Waals surface area contributed by atoms with E-state index in [2.05, 4.69) is 55.3 Å². The molecule has 1 aliphatic heterocycles. The average Bonchev–Trinajstić information content (AvgIpc) is 2.56. The van der Waals surface area contributed by atoms with Crippen molar-refractivity contribution >= 4 is 18.3 Å². The Bertz CT molecular complexity index is 457. The monoisotopic (exact) mass is 324 g/mol. The molecule has 1 heterocycles. The lowest BCUT2D eigenvalue weighted by atomic mass is 9.96. The number of hydrogen-bond donors (Lipinski definition) is 1. The SMILES string of the molecule is CCc1ccc(C2CNCCN2C(=O)C(CC)CC)cc1.Cl. The van der Waals surface area contributed by atoms with Crippen LogP contribution in [0.25, 0.3) is 0 Å². The molecule has 2 rings (SSSR count). The zero-order valence-corrected chi connectivity index (χ0v) is 14.8. The molecule has 0 radical (unpaired) electrons. The molecule has 1 fully saturated rings. The fraction of sp³-hybridized carbons (Fsp3) is 0.611. The molecule has 0 aliphatic carbocycles. The molecular weight excluding hydrogens is 296 g/mol. The van der Waals surface area contributed by atoms with Gasteiger partial charge in [0, 0.05) is 25.6 Å². The second kappa shape index (κ2) is 9.16. The summed E-state index contributed by atoms with van der Waals surface area (Å²) in [6.45, 7) is 8.96. The molecule has 1 saturated heterocycles. The topological polar surface area (TPSA) is 32.3 Å². The van der Waals surface area contributed by atoms with Gasteiger partial charge in [-0.3, -0.25) is 4.79 Å². The Morgan fingerprint density at radius 1 is 1.23 bits per heavy atom. The summed E-state index contributed by atoms with van der Waals surface area (Å²) in [7, 11) is 0. The minimum absolute atomic E-state index is 0. The summed E-state index contributed by atoms with van der Waals surface area (Å²) < 4.78 is 0. The van der Waals surface area contributed by atoms with Crippen LogP contribution in [0.15, 0.2) is 24.3 Å². The van der Waals surface area contributed by atoms with Crippen LogP contribution < -0.4 is 5.32 Å². The van der Waals surface area contributed by atoms with Crippen LogP contribution in [0, 0.1) is 5.92 Å². The van der Waals surface area contributed by atoms with E-state index in [0.717, 1.165) is 38.9 Å². The van der Waals surface area contributed by atoms with E-state index >= 15 is 0 Å². The molecule has 1 aliphatic rings. The standard InChI is InChI=1S/C18H28N2O.ClH/c1-4-14-7-9-16(10-8-14)17-13-19-11-12-20(17)18(21)15(5-2)6-3;/h7-10,15,17,19H,4-6,11-13H2,1-3H3;1H. The molecule has 0 saturated carbocycles. The van der Waals surface area contributed by atoms with E-state index in [4.69, 9.17) is 0 Å². The first-order valence-electron chi connectivity index (χ1n) is 8.31. The zero-order chi connectivity index (χ0) is 15.2. The molecule has 0 bridgehead atoms. The van der Waals surface area contributed by atoms with Crippen molar-refractivity contribution in [2.45, 2.75) is 46.1 Å². The summed E-state index contributed by atoms with van der Waals surface area (Å²) in [5.74, 6) is 0.492. The van der Waals surface area contributed by atoms with Gasteiger partial charge in [0.1, 0.15) is 0 Å². The minimum atomic E-state index is 0. The van der Waals surface area contributed by atoms with Gasteiger partial charge in [-0.05, 0) is 30.4 Å². The van der Waals surface area contributed by atoms with Crippen molar-refractivity contribution in [1.29, 1.82) is 0 Å². The van der Waals surface area contributed by atoms with Gasteiger partial charge in [0.05, 0.1) is 6.04 Å². The van der Waals surface area contributed by atoms with E-state index in [1.807, 2.05) is 0 Å². The molecule has 3 nitrogen and oxygen atoms in total. The molecule has 124 valence electrons. The number of amides is 1. The predicted molar refractivity (Wildman–Crippen MR) is 94.5 cm³/mol. The van der Waals surface area contributed by atoms with Gasteiger partial charge in [0.2, 0.25) is 5.91 Å². The molecule has 1 amide bonds. The number of carbonyl (C=O) groups is 1. The highest BCUT2D eigenvalue weighted by Gasteiger charge is 2.30. The third-order valence-electron chi connectivity index (χ3n) is 4.63. The molecule has 1 aromatic carbocycles. The quantitative estimate of drug-likeness (QED) is 0.898. The largest absolute Gasteiger partial charge is 0.333 e. The molecular formula is C18H29ClN2O. The maximum Gasteiger partial charge on any atom is 0.226 e. The third kappa shape index (κ3) is 4.23. The van der Waals surface area contributed by atoms with E-state index < -0.39 is 0 Å². The number of rotatable bonds is 5. The summed E-state index contributed by atoms with van der Waals surface area (Å²) in [5.41, 5.74) is 2.60. The molecule has 1 aromatic rings. The van der Waals surface area contributed by atoms with Crippen LogP contribution in [0.5, 0.6) is 0 Å². The van der Waals surface area contributed by atoms with Crippen LogP contribution in [-0.4, -0.2) is 30.4 Å². The van der Waals surface area contributed by atoms with Crippen molar-refractivity contribution < 1.29 is 4.79 Å². The first kappa shape index (κ1) is 19.0. The molecule has 4 heteroatoms. The van der Waals surface area contributed by atoms with Gasteiger partial charge in [-0.15, -0.1) is 12.4 Å². The van der Waals surface area contributed by atoms with Gasteiger partial charge in [-0.1, -0.05) is 45.0 Å². The Morgan fingerprint density at radius 2 is 1.86 bits per heavy atom. The lowest BCUT2D eigenvalue weighted by molar-refractivity contribution is -0.139. The summed E-state index contributed by atoms with van der Waals surface area (Å²) in [6, 6.07) is 8.92. The molecule has 0 spiro atoms. The Kier molecular flexibility index (Phi) is 7.91. The second-order valence-electron chi connectivity index (χ2n) is 5.86. The zero-order valence-electron chi connectivity index (χ0n) is 14.0. The van der Waals surface area contributed by atoms with Gasteiger partial charge >= 0.3 is 0 Å². The normalized spacial score (nSPS) is 18.2. The maximum absolute atomic E-state index is 12.8. The van der Waals surface area contributed by atoms with Crippen molar-refractivity contribution in [3.05, 3.63) is 35.4 Å². The van der Waals surface area contributed by atoms with Crippen LogP contribution >= 0.6 is 12.4 Å². The smallest absolute Gasteiger partial charge is 0.226 e. The molecule has 1 unspecified atom stereocenters. The Balaban J connectivity index is 0.00000242. The van der Waals surface area contributed by atoms with Crippen LogP contribution in [0.4, 0.5) is 0 Å². The number of nitrogens with zero attached hydrogens (tertiary/aromatic N) is 1. The van der Waals surface area contributed by atoms with Crippen LogP contribution in [0.1, 0.15) is 50.8 Å². The van der Waals surface area contributed by atoms with Gasteiger partial charge in [-0.25, -0.2) is 0 Å². The Morgan fingerprint density at radius 3 is 2.41 bits per heavy atom. The lowest BCUT2D eigenvalue weighted by Crippen LogP contribution is -2.50. The fourth-order valence-corrected chi connectivity index (χ4v) is 3.11. The van der Waals surface area contributed by atoms with Gasteiger partial charge < -0.3 is 10.2 Å². The van der Waals surface area contributed by atoms with E-state index in [1.165, 1.54) is 11.1 Å². The van der Waals surface area contributed by atoms with Gasteiger partial charge in [-0.2, -0.15) is 0 Å². The van der Waals surface area contributed by atoms with Gasteiger partial charge in [0.25, 0.3) is 0 Å². The van der Waals surface area contributed by atoms with Crippen molar-refractivity contribution in [1.82, 2.24) is 10.2 Å². The number of piperazine rings is 1. The van der Waals surface area contributed by atoms with Crippen molar-refractivity contribution in [2.75, 3.05) is 19.6 Å². The van der Waals surface area contributed by atoms with E-state index in [0.29, 0.717) is 5.91 Å². The highest BCUT2D eigenvalue weighted by Crippen LogP contribution is 2.26. The van der Waals surface area contributed by atoms with Crippen LogP contribution in [0.3, 0.4) is 0 Å². The lowest BCUT2D eigenvalue weighted by Gasteiger charge is -2.38. The molecule has 1 N–H and O–H groups in total. The van der Waals surface area contributed by atoms with Crippen molar-refractivity contribution in [3.63, 3.8) is 0 Å². The van der Waals surface area contributed by atoms with Crippen molar-refractivity contribution in [3.8, 4) is 0 Å². The predicted octanol–water partition coefficient (Wildman–Crippen LogP) is 3.58. The highest BCUT2D eigenvalue weighted by atomic mass is 35.5. The van der Waals surface area contributed by atoms with Crippen molar-refractivity contribution in [2.24, 2.45) is 5.92 Å². The second-order valence-corrected chi connectivity index (χ2v) is 5.86. The van der Waals surface area contributed by atoms with E-state index in [-0.39, 0.29) is 24.4 Å². The number of aryl methyl sites for hydroxylation is 1. The summed E-state index contributed by atoms with van der Waals surface area (Å²) in [5, 5.41) is 3.43. The Labute approximate surface area is 140 Å². The summed E-state index contributed by atoms with van der Waals surface area (Å²) >= 11 is 0. The molecule has 22 heavy (non-hydrogen) atoms. The maximum atomic E-state index is 12.8. The minimum Gasteiger partial charge on any atom is -0.333 e. The summed E-state index contributed by atoms with van der Waals surface area (Å²) in [6.07, 6.45) is 2.92. The number of carbonyl (C=O) groups excluding carboxylic acids is 1.